The molecule has 7 atom stereocenters. The van der Waals surface area contributed by atoms with Crippen LogP contribution in [0.25, 0.3) is 0 Å². The topological polar surface area (TPSA) is 127 Å². The molecule has 10 nitrogen and oxygen atoms in total. The van der Waals surface area contributed by atoms with Gasteiger partial charge in [0.1, 0.15) is 24.4 Å². The van der Waals surface area contributed by atoms with Gasteiger partial charge in [-0.25, -0.2) is 14.4 Å². The molecule has 0 aromatic rings. The molecule has 0 radical (unpaired) electrons. The Kier molecular flexibility index (Phi) is 7.05. The predicted octanol–water partition coefficient (Wildman–Crippen LogP) is 2.66. The van der Waals surface area contributed by atoms with E-state index in [0.29, 0.717) is 31.4 Å². The Hall–Kier alpha value is -3.24. The lowest BCUT2D eigenvalue weighted by Crippen LogP contribution is -2.68. The van der Waals surface area contributed by atoms with Crippen molar-refractivity contribution < 1.29 is 47.6 Å². The summed E-state index contributed by atoms with van der Waals surface area (Å²) in [4.78, 5) is 49.8. The van der Waals surface area contributed by atoms with Gasteiger partial charge in [-0.2, -0.15) is 0 Å². The Balaban J connectivity index is 1.57. The van der Waals surface area contributed by atoms with E-state index in [1.54, 1.807) is 6.92 Å². The zero-order chi connectivity index (χ0) is 28.0. The van der Waals surface area contributed by atoms with E-state index in [2.05, 4.69) is 0 Å². The molecule has 0 N–H and O–H groups in total. The summed E-state index contributed by atoms with van der Waals surface area (Å²) < 4.78 is 35.4. The summed E-state index contributed by atoms with van der Waals surface area (Å²) in [6, 6.07) is 0. The largest absolute Gasteiger partial charge is 0.462 e. The highest BCUT2D eigenvalue weighted by Gasteiger charge is 2.83. The van der Waals surface area contributed by atoms with E-state index in [1.165, 1.54) is 37.3 Å². The summed E-state index contributed by atoms with van der Waals surface area (Å²) >= 11 is 0. The Labute approximate surface area is 226 Å². The molecule has 5 rings (SSSR count). The Morgan fingerprint density at radius 2 is 1.72 bits per heavy atom. The fourth-order valence-corrected chi connectivity index (χ4v) is 6.78. The number of carbonyl (C=O) groups is 4. The van der Waals surface area contributed by atoms with Gasteiger partial charge in [0.05, 0.1) is 36.3 Å². The van der Waals surface area contributed by atoms with Crippen LogP contribution in [-0.4, -0.2) is 73.7 Å². The molecule has 2 unspecified atom stereocenters. The van der Waals surface area contributed by atoms with Crippen molar-refractivity contribution in [2.45, 2.75) is 77.0 Å². The molecule has 5 aliphatic rings. The molecule has 3 heterocycles. The van der Waals surface area contributed by atoms with Crippen LogP contribution in [0.2, 0.25) is 0 Å². The number of allylic oxidation sites excluding steroid dienone is 2. The van der Waals surface area contributed by atoms with E-state index < -0.39 is 58.6 Å². The summed E-state index contributed by atoms with van der Waals surface area (Å²) in [5.41, 5.74) is -0.971. The van der Waals surface area contributed by atoms with E-state index in [0.717, 1.165) is 5.57 Å². The molecule has 2 aliphatic carbocycles. The molecule has 210 valence electrons. The second-order valence-electron chi connectivity index (χ2n) is 11.2. The number of hydrogen-bond donors (Lipinski definition) is 0. The van der Waals surface area contributed by atoms with E-state index in [4.69, 9.17) is 28.4 Å². The maximum absolute atomic E-state index is 13.0. The van der Waals surface area contributed by atoms with Crippen LogP contribution in [-0.2, 0) is 47.6 Å². The first-order valence-electron chi connectivity index (χ1n) is 13.2. The Morgan fingerprint density at radius 1 is 1.00 bits per heavy atom. The highest BCUT2D eigenvalue weighted by Crippen LogP contribution is 2.72. The van der Waals surface area contributed by atoms with Crippen molar-refractivity contribution in [3.05, 3.63) is 47.6 Å². The van der Waals surface area contributed by atoms with E-state index in [9.17, 15) is 19.2 Å². The minimum Gasteiger partial charge on any atom is -0.462 e. The summed E-state index contributed by atoms with van der Waals surface area (Å²) in [6.45, 7) is 7.41. The smallest absolute Gasteiger partial charge is 0.331 e. The van der Waals surface area contributed by atoms with Gasteiger partial charge in [-0.15, -0.1) is 0 Å². The van der Waals surface area contributed by atoms with Crippen molar-refractivity contribution in [2.75, 3.05) is 19.8 Å². The van der Waals surface area contributed by atoms with Gasteiger partial charge >= 0.3 is 23.9 Å². The molecule has 3 fully saturated rings. The maximum Gasteiger partial charge on any atom is 0.331 e. The number of rotatable bonds is 1. The van der Waals surface area contributed by atoms with Crippen LogP contribution < -0.4 is 0 Å². The molecule has 1 saturated carbocycles. The van der Waals surface area contributed by atoms with Gasteiger partial charge in [0.15, 0.2) is 0 Å². The minimum atomic E-state index is -0.928. The number of ether oxygens (including phenoxy) is 6. The lowest BCUT2D eigenvalue weighted by molar-refractivity contribution is -0.239. The summed E-state index contributed by atoms with van der Waals surface area (Å²) in [7, 11) is 0. The molecule has 0 amide bonds. The average Bonchev–Trinajstić information content (AvgIpc) is 3.64. The fraction of sp³-hybridized carbons (Fsp3) is 0.586. The zero-order valence-electron chi connectivity index (χ0n) is 22.6. The lowest BCUT2D eigenvalue weighted by Gasteiger charge is -2.59. The quantitative estimate of drug-likeness (QED) is 0.211. The molecule has 10 heteroatoms. The standard InChI is InChI=1S/C29H34O10/c1-17-9-10-34-24(31)7-5-6-8-25(32)39-21-13-23-29(16-36-29)27(21,4)28(15-35-26(33)11-17)14-20(37-19(3)30)18(2)12-22(28)38-23/h5-8,11-12,20-23H,9-10,13-16H2,1-4H3/b7-5+,8-6+,17-11+/t20-,21+,22+,23?,27+,28+,29?/m0/s1. The first-order chi connectivity index (χ1) is 18.5. The molecule has 2 saturated heterocycles. The van der Waals surface area contributed by atoms with Crippen LogP contribution >= 0.6 is 0 Å². The molecule has 2 bridgehead atoms. The summed E-state index contributed by atoms with van der Waals surface area (Å²) in [6.07, 6.45) is 7.59. The van der Waals surface area contributed by atoms with Crippen molar-refractivity contribution in [3.8, 4) is 0 Å². The van der Waals surface area contributed by atoms with Crippen LogP contribution in [0.4, 0.5) is 0 Å². The third-order valence-corrected chi connectivity index (χ3v) is 9.01. The van der Waals surface area contributed by atoms with Crippen LogP contribution in [0.1, 0.15) is 47.0 Å². The van der Waals surface area contributed by atoms with Gasteiger partial charge in [-0.3, -0.25) is 4.79 Å². The third kappa shape index (κ3) is 4.63. The molecule has 39 heavy (non-hydrogen) atoms. The number of cyclic esters (lactones) is 2. The molecular weight excluding hydrogens is 508 g/mol. The van der Waals surface area contributed by atoms with E-state index in [-0.39, 0.29) is 19.3 Å². The predicted molar refractivity (Wildman–Crippen MR) is 135 cm³/mol. The number of epoxide rings is 1. The number of esters is 4. The normalized spacial score (nSPS) is 43.2. The number of carbonyl (C=O) groups excluding carboxylic acids is 4. The van der Waals surface area contributed by atoms with Crippen LogP contribution in [0.15, 0.2) is 47.6 Å². The third-order valence-electron chi connectivity index (χ3n) is 9.01. The SMILES string of the molecule is CC(=O)O[C@H]1C[C@@]23COC(=O)/C=C(\C)CCOC(=O)/C=C/C=C/C(=O)O[C@@H]4CC(O[C@@H]2C=C1C)C1(CO1)[C@]43C. The lowest BCUT2D eigenvalue weighted by atomic mass is 9.51. The number of hydrogen-bond acceptors (Lipinski definition) is 10. The van der Waals surface area contributed by atoms with Gasteiger partial charge < -0.3 is 28.4 Å². The Bertz CT molecular complexity index is 1190. The van der Waals surface area contributed by atoms with Gasteiger partial charge in [-0.05, 0) is 19.4 Å². The average molecular weight is 543 g/mol. The maximum atomic E-state index is 13.0. The van der Waals surface area contributed by atoms with Crippen LogP contribution in [0, 0.1) is 10.8 Å². The molecular formula is C29H34O10. The first-order valence-corrected chi connectivity index (χ1v) is 13.2. The van der Waals surface area contributed by atoms with Crippen molar-refractivity contribution in [1.29, 1.82) is 0 Å². The van der Waals surface area contributed by atoms with Crippen molar-refractivity contribution in [1.82, 2.24) is 0 Å². The van der Waals surface area contributed by atoms with Crippen LogP contribution in [0.5, 0.6) is 0 Å². The van der Waals surface area contributed by atoms with Crippen molar-refractivity contribution in [2.24, 2.45) is 10.8 Å². The molecule has 2 spiro atoms. The zero-order valence-corrected chi connectivity index (χ0v) is 22.6. The van der Waals surface area contributed by atoms with Crippen molar-refractivity contribution >= 4 is 23.9 Å². The summed E-state index contributed by atoms with van der Waals surface area (Å²) in [5.74, 6) is -2.15. The van der Waals surface area contributed by atoms with Gasteiger partial charge in [0.25, 0.3) is 0 Å². The molecule has 3 aliphatic heterocycles. The van der Waals surface area contributed by atoms with Crippen LogP contribution in [0.3, 0.4) is 0 Å². The van der Waals surface area contributed by atoms with Crippen molar-refractivity contribution in [3.63, 3.8) is 0 Å². The highest BCUT2D eigenvalue weighted by molar-refractivity contribution is 5.85. The Morgan fingerprint density at radius 3 is 2.41 bits per heavy atom. The van der Waals surface area contributed by atoms with Gasteiger partial charge in [0, 0.05) is 44.4 Å². The monoisotopic (exact) mass is 542 g/mol. The van der Waals surface area contributed by atoms with Gasteiger partial charge in [-0.1, -0.05) is 30.7 Å². The van der Waals surface area contributed by atoms with Gasteiger partial charge in [0.2, 0.25) is 0 Å². The van der Waals surface area contributed by atoms with E-state index in [1.807, 2.05) is 19.9 Å². The molecule has 0 aromatic carbocycles. The highest BCUT2D eigenvalue weighted by atomic mass is 16.6. The first kappa shape index (κ1) is 27.3. The second-order valence-corrected chi connectivity index (χ2v) is 11.2. The summed E-state index contributed by atoms with van der Waals surface area (Å²) in [5, 5.41) is 0. The minimum absolute atomic E-state index is 0.0717. The fourth-order valence-electron chi connectivity index (χ4n) is 6.78. The van der Waals surface area contributed by atoms with E-state index >= 15 is 0 Å². The molecule has 0 aromatic heterocycles. The second kappa shape index (κ2) is 10.1.